The minimum Gasteiger partial charge on any atom is -0.368 e. The van der Waals surface area contributed by atoms with E-state index in [0.29, 0.717) is 33.9 Å². The van der Waals surface area contributed by atoms with Gasteiger partial charge in [-0.05, 0) is 25.0 Å². The Labute approximate surface area is 130 Å². The van der Waals surface area contributed by atoms with Gasteiger partial charge in [-0.15, -0.1) is 11.3 Å². The van der Waals surface area contributed by atoms with E-state index in [2.05, 4.69) is 15.5 Å². The predicted molar refractivity (Wildman–Crippen MR) is 77.6 cm³/mol. The monoisotopic (exact) mass is 327 g/mol. The van der Waals surface area contributed by atoms with Crippen LogP contribution in [0.1, 0.15) is 40.3 Å². The van der Waals surface area contributed by atoms with Crippen molar-refractivity contribution in [3.05, 3.63) is 33.1 Å². The summed E-state index contributed by atoms with van der Waals surface area (Å²) < 4.78 is 11.3. The zero-order valence-corrected chi connectivity index (χ0v) is 12.7. The largest absolute Gasteiger partial charge is 0.368 e. The van der Waals surface area contributed by atoms with E-state index in [1.165, 1.54) is 11.3 Å². The van der Waals surface area contributed by atoms with Gasteiger partial charge in [-0.1, -0.05) is 16.8 Å². The van der Waals surface area contributed by atoms with Gasteiger partial charge in [-0.2, -0.15) is 4.98 Å². The number of nitrogens with one attached hydrogen (secondary N) is 1. The molecule has 0 saturated carbocycles. The second-order valence-corrected chi connectivity index (χ2v) is 6.38. The van der Waals surface area contributed by atoms with Crippen molar-refractivity contribution in [1.29, 1.82) is 0 Å². The standard InChI is InChI=1S/C13H14ClN3O3S/c14-10-4-3-9(21-10)12(18)15-6-5-11-16-13(20-17-11)8-2-1-7-19-8/h3-4,8H,1-2,5-7H2,(H,15,18). The lowest BCUT2D eigenvalue weighted by Crippen LogP contribution is -2.25. The molecule has 6 nitrogen and oxygen atoms in total. The first kappa shape index (κ1) is 14.5. The molecule has 0 radical (unpaired) electrons. The smallest absolute Gasteiger partial charge is 0.261 e. The summed E-state index contributed by atoms with van der Waals surface area (Å²) >= 11 is 7.04. The summed E-state index contributed by atoms with van der Waals surface area (Å²) in [6.07, 6.45) is 2.37. The Morgan fingerprint density at radius 2 is 2.43 bits per heavy atom. The molecular formula is C13H14ClN3O3S. The maximum absolute atomic E-state index is 11.8. The van der Waals surface area contributed by atoms with Crippen LogP contribution in [0.5, 0.6) is 0 Å². The van der Waals surface area contributed by atoms with Crippen LogP contribution in [0.2, 0.25) is 4.34 Å². The number of carbonyl (C=O) groups excluding carboxylic acids is 1. The molecule has 1 amide bonds. The van der Waals surface area contributed by atoms with Gasteiger partial charge in [-0.25, -0.2) is 0 Å². The maximum Gasteiger partial charge on any atom is 0.261 e. The lowest BCUT2D eigenvalue weighted by molar-refractivity contribution is 0.0835. The Balaban J connectivity index is 1.48. The molecule has 112 valence electrons. The highest BCUT2D eigenvalue weighted by molar-refractivity contribution is 7.17. The Kier molecular flexibility index (Phi) is 4.52. The number of rotatable bonds is 5. The van der Waals surface area contributed by atoms with Gasteiger partial charge >= 0.3 is 0 Å². The quantitative estimate of drug-likeness (QED) is 0.913. The highest BCUT2D eigenvalue weighted by Crippen LogP contribution is 2.26. The molecule has 8 heteroatoms. The third-order valence-corrected chi connectivity index (χ3v) is 4.35. The van der Waals surface area contributed by atoms with Crippen LogP contribution < -0.4 is 5.32 Å². The van der Waals surface area contributed by atoms with Crippen molar-refractivity contribution >= 4 is 28.8 Å². The van der Waals surface area contributed by atoms with E-state index in [9.17, 15) is 4.79 Å². The van der Waals surface area contributed by atoms with Crippen molar-refractivity contribution in [2.24, 2.45) is 0 Å². The van der Waals surface area contributed by atoms with Crippen LogP contribution in [0.15, 0.2) is 16.7 Å². The number of nitrogens with zero attached hydrogens (tertiary/aromatic N) is 2. The van der Waals surface area contributed by atoms with Gasteiger partial charge in [0.05, 0.1) is 9.21 Å². The summed E-state index contributed by atoms with van der Waals surface area (Å²) in [5, 5.41) is 6.70. The molecule has 0 bridgehead atoms. The van der Waals surface area contributed by atoms with Gasteiger partial charge in [0.1, 0.15) is 6.10 Å². The molecule has 1 aliphatic rings. The normalized spacial score (nSPS) is 18.0. The van der Waals surface area contributed by atoms with E-state index in [-0.39, 0.29) is 12.0 Å². The first-order valence-corrected chi connectivity index (χ1v) is 7.89. The molecule has 2 aromatic heterocycles. The van der Waals surface area contributed by atoms with E-state index < -0.39 is 0 Å². The molecule has 1 aliphatic heterocycles. The van der Waals surface area contributed by atoms with Gasteiger partial charge in [0.15, 0.2) is 5.82 Å². The summed E-state index contributed by atoms with van der Waals surface area (Å²) in [6.45, 7) is 1.18. The minimum absolute atomic E-state index is 0.0749. The van der Waals surface area contributed by atoms with Crippen molar-refractivity contribution in [3.8, 4) is 0 Å². The summed E-state index contributed by atoms with van der Waals surface area (Å²) in [5.74, 6) is 0.957. The van der Waals surface area contributed by atoms with Crippen molar-refractivity contribution in [2.45, 2.75) is 25.4 Å². The Morgan fingerprint density at radius 1 is 1.52 bits per heavy atom. The zero-order chi connectivity index (χ0) is 14.7. The van der Waals surface area contributed by atoms with Crippen LogP contribution in [-0.4, -0.2) is 29.2 Å². The Hall–Kier alpha value is -1.44. The number of hydrogen-bond donors (Lipinski definition) is 1. The van der Waals surface area contributed by atoms with E-state index in [0.717, 1.165) is 19.4 Å². The third-order valence-electron chi connectivity index (χ3n) is 3.12. The van der Waals surface area contributed by atoms with Crippen molar-refractivity contribution in [1.82, 2.24) is 15.5 Å². The number of ether oxygens (including phenoxy) is 1. The summed E-state index contributed by atoms with van der Waals surface area (Å²) in [7, 11) is 0. The van der Waals surface area contributed by atoms with Gasteiger partial charge in [0.2, 0.25) is 0 Å². The van der Waals surface area contributed by atoms with Crippen LogP contribution in [0, 0.1) is 0 Å². The lowest BCUT2D eigenvalue weighted by atomic mass is 10.2. The molecule has 1 saturated heterocycles. The first-order chi connectivity index (χ1) is 10.2. The first-order valence-electron chi connectivity index (χ1n) is 6.70. The van der Waals surface area contributed by atoms with Crippen LogP contribution in [0.3, 0.4) is 0 Å². The van der Waals surface area contributed by atoms with Crippen molar-refractivity contribution in [3.63, 3.8) is 0 Å². The fourth-order valence-corrected chi connectivity index (χ4v) is 3.04. The SMILES string of the molecule is O=C(NCCc1noc(C2CCCO2)n1)c1ccc(Cl)s1. The molecule has 1 atom stereocenters. The minimum atomic E-state index is -0.144. The Bertz CT molecular complexity index is 622. The molecular weight excluding hydrogens is 314 g/mol. The van der Waals surface area contributed by atoms with Crippen LogP contribution in [0.4, 0.5) is 0 Å². The van der Waals surface area contributed by atoms with Gasteiger partial charge in [-0.3, -0.25) is 4.79 Å². The number of aromatic nitrogens is 2. The maximum atomic E-state index is 11.8. The topological polar surface area (TPSA) is 77.2 Å². The number of halogens is 1. The lowest BCUT2D eigenvalue weighted by Gasteiger charge is -2.01. The molecule has 1 fully saturated rings. The van der Waals surface area contributed by atoms with E-state index in [1.54, 1.807) is 12.1 Å². The van der Waals surface area contributed by atoms with Crippen LogP contribution in [0.25, 0.3) is 0 Å². The average Bonchev–Trinajstić information content (AvgIpc) is 3.19. The fourth-order valence-electron chi connectivity index (χ4n) is 2.08. The molecule has 21 heavy (non-hydrogen) atoms. The molecule has 3 heterocycles. The molecule has 0 aliphatic carbocycles. The fraction of sp³-hybridized carbons (Fsp3) is 0.462. The van der Waals surface area contributed by atoms with Crippen molar-refractivity contribution in [2.75, 3.05) is 13.2 Å². The van der Waals surface area contributed by atoms with E-state index in [1.807, 2.05) is 0 Å². The Morgan fingerprint density at radius 3 is 3.14 bits per heavy atom. The van der Waals surface area contributed by atoms with E-state index >= 15 is 0 Å². The van der Waals surface area contributed by atoms with Gasteiger partial charge in [0, 0.05) is 19.6 Å². The number of amides is 1. The summed E-state index contributed by atoms with van der Waals surface area (Å²) in [4.78, 5) is 16.7. The molecule has 1 unspecified atom stereocenters. The average molecular weight is 328 g/mol. The zero-order valence-electron chi connectivity index (χ0n) is 11.2. The second-order valence-electron chi connectivity index (χ2n) is 4.66. The predicted octanol–water partition coefficient (Wildman–Crippen LogP) is 2.61. The number of thiophene rings is 1. The molecule has 0 spiro atoms. The summed E-state index contributed by atoms with van der Waals surface area (Å²) in [5.41, 5.74) is 0. The molecule has 2 aromatic rings. The number of hydrogen-bond acceptors (Lipinski definition) is 6. The van der Waals surface area contributed by atoms with Crippen LogP contribution >= 0.6 is 22.9 Å². The highest BCUT2D eigenvalue weighted by atomic mass is 35.5. The molecule has 3 rings (SSSR count). The van der Waals surface area contributed by atoms with Gasteiger partial charge < -0.3 is 14.6 Å². The van der Waals surface area contributed by atoms with Crippen LogP contribution in [-0.2, 0) is 11.2 Å². The molecule has 1 N–H and O–H groups in total. The summed E-state index contributed by atoms with van der Waals surface area (Å²) in [6, 6.07) is 3.40. The molecule has 0 aromatic carbocycles. The second kappa shape index (κ2) is 6.55. The van der Waals surface area contributed by atoms with E-state index in [4.69, 9.17) is 20.9 Å². The third kappa shape index (κ3) is 3.61. The van der Waals surface area contributed by atoms with Gasteiger partial charge in [0.25, 0.3) is 11.8 Å². The number of carbonyl (C=O) groups is 1. The highest BCUT2D eigenvalue weighted by Gasteiger charge is 2.23. The van der Waals surface area contributed by atoms with Crippen molar-refractivity contribution < 1.29 is 14.1 Å².